The number of aryl methyl sites for hydroxylation is 2. The van der Waals surface area contributed by atoms with Crippen molar-refractivity contribution in [3.8, 4) is 11.3 Å². The Morgan fingerprint density at radius 2 is 2.18 bits per heavy atom. The first-order chi connectivity index (χ1) is 13.5. The predicted molar refractivity (Wildman–Crippen MR) is 111 cm³/mol. The van der Waals surface area contributed by atoms with E-state index in [0.29, 0.717) is 11.6 Å². The first-order valence-corrected chi connectivity index (χ1v) is 10.8. The van der Waals surface area contributed by atoms with E-state index < -0.39 is 0 Å². The van der Waals surface area contributed by atoms with Crippen LogP contribution in [0.1, 0.15) is 36.1 Å². The summed E-state index contributed by atoms with van der Waals surface area (Å²) >= 11 is 1.54. The van der Waals surface area contributed by atoms with Crippen LogP contribution in [0.5, 0.6) is 0 Å². The lowest BCUT2D eigenvalue weighted by molar-refractivity contribution is -0.126. The van der Waals surface area contributed by atoms with Gasteiger partial charge in [0.2, 0.25) is 11.8 Å². The molecule has 2 fully saturated rings. The van der Waals surface area contributed by atoms with Gasteiger partial charge in [-0.25, -0.2) is 4.98 Å². The molecule has 2 unspecified atom stereocenters. The van der Waals surface area contributed by atoms with Gasteiger partial charge in [0.15, 0.2) is 5.13 Å². The molecule has 2 aromatic rings. The SMILES string of the molecule is Cc1sc(NC(=O)C23CCCN(CC2)C3)nc1-c1ccc2c(c1)CCC(=O)N2. The molecule has 0 saturated carbocycles. The number of benzene rings is 1. The number of thiazole rings is 1. The van der Waals surface area contributed by atoms with Crippen molar-refractivity contribution in [3.05, 3.63) is 28.6 Å². The Morgan fingerprint density at radius 3 is 3.07 bits per heavy atom. The molecule has 4 heterocycles. The molecule has 6 nitrogen and oxygen atoms in total. The van der Waals surface area contributed by atoms with E-state index in [2.05, 4.69) is 21.6 Å². The number of rotatable bonds is 3. The lowest BCUT2D eigenvalue weighted by Crippen LogP contribution is -2.42. The number of aromatic nitrogens is 1. The second-order valence-electron chi connectivity index (χ2n) is 8.21. The van der Waals surface area contributed by atoms with Crippen molar-refractivity contribution in [2.24, 2.45) is 5.41 Å². The average molecular weight is 397 g/mol. The maximum atomic E-state index is 13.0. The molecule has 28 heavy (non-hydrogen) atoms. The van der Waals surface area contributed by atoms with E-state index in [1.54, 1.807) is 0 Å². The lowest BCUT2D eigenvalue weighted by atomic mass is 9.80. The number of nitrogens with zero attached hydrogens (tertiary/aromatic N) is 2. The third-order valence-corrected chi connectivity index (χ3v) is 7.22. The van der Waals surface area contributed by atoms with Crippen molar-refractivity contribution in [2.75, 3.05) is 30.3 Å². The van der Waals surface area contributed by atoms with Crippen molar-refractivity contribution >= 4 is 34.0 Å². The van der Waals surface area contributed by atoms with Gasteiger partial charge in [0.1, 0.15) is 0 Å². The Labute approximate surface area is 168 Å². The third kappa shape index (κ3) is 3.02. The van der Waals surface area contributed by atoms with Crippen LogP contribution >= 0.6 is 11.3 Å². The maximum Gasteiger partial charge on any atom is 0.233 e. The molecule has 2 N–H and O–H groups in total. The molecule has 3 aliphatic rings. The number of piperidine rings is 1. The Balaban J connectivity index is 1.37. The van der Waals surface area contributed by atoms with Gasteiger partial charge in [0, 0.05) is 29.1 Å². The lowest BCUT2D eigenvalue weighted by Gasteiger charge is -2.32. The third-order valence-electron chi connectivity index (χ3n) is 6.34. The molecule has 2 amide bonds. The molecule has 0 aliphatic carbocycles. The topological polar surface area (TPSA) is 74.3 Å². The predicted octanol–water partition coefficient (Wildman–Crippen LogP) is 3.43. The summed E-state index contributed by atoms with van der Waals surface area (Å²) in [7, 11) is 0. The van der Waals surface area contributed by atoms with E-state index in [0.717, 1.165) is 72.7 Å². The molecule has 3 aliphatic heterocycles. The minimum absolute atomic E-state index is 0.0719. The second kappa shape index (κ2) is 6.67. The number of carbonyl (C=O) groups is 2. The summed E-state index contributed by atoms with van der Waals surface area (Å²) in [6.07, 6.45) is 4.30. The van der Waals surface area contributed by atoms with E-state index in [1.165, 1.54) is 11.3 Å². The molecule has 146 valence electrons. The number of carbonyl (C=O) groups excluding carboxylic acids is 2. The maximum absolute atomic E-state index is 13.0. The van der Waals surface area contributed by atoms with Gasteiger partial charge in [-0.2, -0.15) is 0 Å². The highest BCUT2D eigenvalue weighted by molar-refractivity contribution is 7.16. The smallest absolute Gasteiger partial charge is 0.233 e. The Morgan fingerprint density at radius 1 is 1.29 bits per heavy atom. The van der Waals surface area contributed by atoms with Gasteiger partial charge in [0.25, 0.3) is 0 Å². The van der Waals surface area contributed by atoms with E-state index >= 15 is 0 Å². The first kappa shape index (κ1) is 17.8. The zero-order valence-electron chi connectivity index (χ0n) is 16.0. The van der Waals surface area contributed by atoms with Crippen LogP contribution in [0.3, 0.4) is 0 Å². The van der Waals surface area contributed by atoms with Crippen molar-refractivity contribution in [1.29, 1.82) is 0 Å². The molecule has 1 aromatic heterocycles. The summed E-state index contributed by atoms with van der Waals surface area (Å²) < 4.78 is 0. The van der Waals surface area contributed by atoms with E-state index in [1.807, 2.05) is 19.1 Å². The standard InChI is InChI=1S/C21H24N4O2S/c1-13-18(15-3-5-16-14(11-15)4-6-17(26)22-16)23-20(28-13)24-19(27)21-7-2-9-25(12-21)10-8-21/h3,5,11H,2,4,6-10,12H2,1H3,(H,22,26)(H,23,24,27). The fourth-order valence-electron chi connectivity index (χ4n) is 4.77. The van der Waals surface area contributed by atoms with Gasteiger partial charge in [-0.3, -0.25) is 9.59 Å². The van der Waals surface area contributed by atoms with Crippen LogP contribution in [0.4, 0.5) is 10.8 Å². The first-order valence-electron chi connectivity index (χ1n) is 9.97. The van der Waals surface area contributed by atoms with Gasteiger partial charge < -0.3 is 15.5 Å². The monoisotopic (exact) mass is 396 g/mol. The summed E-state index contributed by atoms with van der Waals surface area (Å²) in [5, 5.41) is 6.71. The zero-order chi connectivity index (χ0) is 19.3. The van der Waals surface area contributed by atoms with E-state index in [4.69, 9.17) is 4.98 Å². The summed E-state index contributed by atoms with van der Waals surface area (Å²) in [4.78, 5) is 32.8. The fourth-order valence-corrected chi connectivity index (χ4v) is 5.60. The van der Waals surface area contributed by atoms with Gasteiger partial charge in [0.05, 0.1) is 11.1 Å². The normalized spacial score (nSPS) is 25.9. The van der Waals surface area contributed by atoms with Crippen LogP contribution in [0, 0.1) is 12.3 Å². The molecule has 2 atom stereocenters. The van der Waals surface area contributed by atoms with Crippen LogP contribution in [-0.4, -0.2) is 41.3 Å². The molecule has 0 radical (unpaired) electrons. The van der Waals surface area contributed by atoms with Gasteiger partial charge in [-0.15, -0.1) is 11.3 Å². The van der Waals surface area contributed by atoms with Crippen molar-refractivity contribution < 1.29 is 9.59 Å². The summed E-state index contributed by atoms with van der Waals surface area (Å²) in [5.41, 5.74) is 3.74. The minimum atomic E-state index is -0.234. The molecule has 2 saturated heterocycles. The molecule has 0 spiro atoms. The molecule has 2 bridgehead atoms. The summed E-state index contributed by atoms with van der Waals surface area (Å²) in [6, 6.07) is 6.05. The number of nitrogens with one attached hydrogen (secondary N) is 2. The van der Waals surface area contributed by atoms with Gasteiger partial charge in [-0.1, -0.05) is 6.07 Å². The van der Waals surface area contributed by atoms with Crippen LogP contribution in [-0.2, 0) is 16.0 Å². The second-order valence-corrected chi connectivity index (χ2v) is 9.41. The summed E-state index contributed by atoms with van der Waals surface area (Å²) in [5.74, 6) is 0.200. The highest BCUT2D eigenvalue weighted by Crippen LogP contribution is 2.41. The average Bonchev–Trinajstić information content (AvgIpc) is 3.20. The number of anilines is 2. The fraction of sp³-hybridized carbons (Fsp3) is 0.476. The van der Waals surface area contributed by atoms with Crippen molar-refractivity contribution in [2.45, 2.75) is 39.0 Å². The number of fused-ring (bicyclic) bond motifs is 3. The largest absolute Gasteiger partial charge is 0.326 e. The van der Waals surface area contributed by atoms with Crippen LogP contribution in [0.15, 0.2) is 18.2 Å². The molecular formula is C21H24N4O2S. The summed E-state index contributed by atoms with van der Waals surface area (Å²) in [6.45, 7) is 5.07. The number of hydrogen-bond donors (Lipinski definition) is 2. The van der Waals surface area contributed by atoms with Crippen molar-refractivity contribution in [1.82, 2.24) is 9.88 Å². The highest BCUT2D eigenvalue weighted by Gasteiger charge is 2.46. The molecule has 5 rings (SSSR count). The van der Waals surface area contributed by atoms with Crippen molar-refractivity contribution in [3.63, 3.8) is 0 Å². The number of amides is 2. The van der Waals surface area contributed by atoms with E-state index in [-0.39, 0.29) is 17.2 Å². The Kier molecular flexibility index (Phi) is 4.25. The van der Waals surface area contributed by atoms with Gasteiger partial charge in [-0.05, 0) is 63.4 Å². The molecule has 7 heteroatoms. The van der Waals surface area contributed by atoms with Crippen LogP contribution < -0.4 is 10.6 Å². The molecular weight excluding hydrogens is 372 g/mol. The Bertz CT molecular complexity index is 965. The Hall–Kier alpha value is -2.25. The quantitative estimate of drug-likeness (QED) is 0.834. The number of hydrogen-bond acceptors (Lipinski definition) is 5. The zero-order valence-corrected chi connectivity index (χ0v) is 16.8. The van der Waals surface area contributed by atoms with Gasteiger partial charge >= 0.3 is 0 Å². The van der Waals surface area contributed by atoms with E-state index in [9.17, 15) is 9.59 Å². The minimum Gasteiger partial charge on any atom is -0.326 e. The van der Waals surface area contributed by atoms with Crippen LogP contribution in [0.2, 0.25) is 0 Å². The highest BCUT2D eigenvalue weighted by atomic mass is 32.1. The van der Waals surface area contributed by atoms with Crippen LogP contribution in [0.25, 0.3) is 11.3 Å². The molecule has 1 aromatic carbocycles.